The topological polar surface area (TPSA) is 159 Å². The van der Waals surface area contributed by atoms with Crippen molar-refractivity contribution in [3.8, 4) is 34.8 Å². The SMILES string of the molecule is COc1c(C)cc2c(c1O)[C@H]1[C@@H]3[C@@H]4SC[C@]5(N[C@@H](C)Cc6c5[nH]c5ccccc65)C(=O)OC[C@@H](c5c6c(c(C)c(OC(C)=O)c54)OCO6)N3C(C#N)(C2)CN1C. The van der Waals surface area contributed by atoms with E-state index in [2.05, 4.69) is 39.2 Å². The molecule has 8 atom stereocenters. The zero-order chi connectivity index (χ0) is 39.0. The number of nitriles is 1. The normalized spacial score (nSPS) is 31.1. The summed E-state index contributed by atoms with van der Waals surface area (Å²) >= 11 is 1.56. The van der Waals surface area contributed by atoms with Gasteiger partial charge in [-0.1, -0.05) is 24.3 Å². The third kappa shape index (κ3) is 4.59. The summed E-state index contributed by atoms with van der Waals surface area (Å²) in [6.07, 6.45) is 1.02. The fraction of sp³-hybridized carbons (Fsp3) is 0.452. The molecule has 8 aliphatic heterocycles. The summed E-state index contributed by atoms with van der Waals surface area (Å²) in [4.78, 5) is 36.0. The molecule has 0 amide bonds. The number of hydrogen-bond acceptors (Lipinski definition) is 13. The van der Waals surface area contributed by atoms with Gasteiger partial charge in [-0.05, 0) is 57.0 Å². The number of methoxy groups -OCH3 is 1. The maximum Gasteiger partial charge on any atom is 0.333 e. The summed E-state index contributed by atoms with van der Waals surface area (Å²) in [6, 6.07) is 11.1. The summed E-state index contributed by atoms with van der Waals surface area (Å²) in [7, 11) is 3.54. The Bertz CT molecular complexity index is 2440. The van der Waals surface area contributed by atoms with E-state index in [0.29, 0.717) is 52.7 Å². The average molecular weight is 778 g/mol. The predicted octanol–water partition coefficient (Wildman–Crippen LogP) is 5.14. The second-order valence-corrected chi connectivity index (χ2v) is 17.3. The molecule has 13 nitrogen and oxygen atoms in total. The van der Waals surface area contributed by atoms with Crippen molar-refractivity contribution >= 4 is 34.6 Å². The van der Waals surface area contributed by atoms with E-state index in [1.807, 2.05) is 45.2 Å². The lowest BCUT2D eigenvalue weighted by atomic mass is 9.76. The quantitative estimate of drug-likeness (QED) is 0.182. The zero-order valence-electron chi connectivity index (χ0n) is 32.1. The van der Waals surface area contributed by atoms with Gasteiger partial charge in [-0.15, -0.1) is 11.8 Å². The van der Waals surface area contributed by atoms with Gasteiger partial charge in [-0.3, -0.25) is 19.9 Å². The summed E-state index contributed by atoms with van der Waals surface area (Å²) in [5, 5.41) is 27.9. The first kappa shape index (κ1) is 35.5. The number of carbonyl (C=O) groups excluding carboxylic acids is 2. The Morgan fingerprint density at radius 1 is 1.12 bits per heavy atom. The molecule has 3 aromatic carbocycles. The molecule has 12 rings (SSSR count). The number of aromatic amines is 1. The number of aryl methyl sites for hydroxylation is 1. The van der Waals surface area contributed by atoms with Gasteiger partial charge >= 0.3 is 11.9 Å². The smallest absolute Gasteiger partial charge is 0.333 e. The van der Waals surface area contributed by atoms with Crippen LogP contribution < -0.4 is 24.3 Å². The highest BCUT2D eigenvalue weighted by molar-refractivity contribution is 7.99. The van der Waals surface area contributed by atoms with Gasteiger partial charge in [0.25, 0.3) is 0 Å². The Balaban J connectivity index is 1.27. The van der Waals surface area contributed by atoms with Crippen molar-refractivity contribution in [2.24, 2.45) is 0 Å². The Labute approximate surface area is 328 Å². The van der Waals surface area contributed by atoms with Gasteiger partial charge in [0.15, 0.2) is 28.5 Å². The number of nitrogens with zero attached hydrogens (tertiary/aromatic N) is 3. The van der Waals surface area contributed by atoms with Crippen molar-refractivity contribution < 1.29 is 38.4 Å². The van der Waals surface area contributed by atoms with Gasteiger partial charge in [0.05, 0.1) is 36.2 Å². The molecule has 1 spiro atoms. The minimum Gasteiger partial charge on any atom is -0.504 e. The number of rotatable bonds is 2. The number of piperazine rings is 1. The molecule has 2 fully saturated rings. The molecule has 1 aromatic heterocycles. The van der Waals surface area contributed by atoms with Crippen molar-refractivity contribution in [2.75, 3.05) is 39.9 Å². The third-order valence-corrected chi connectivity index (χ3v) is 14.4. The number of esters is 2. The van der Waals surface area contributed by atoms with E-state index in [9.17, 15) is 15.2 Å². The minimum atomic E-state index is -1.27. The molecule has 4 bridgehead atoms. The van der Waals surface area contributed by atoms with Crippen LogP contribution in [-0.2, 0) is 32.7 Å². The van der Waals surface area contributed by atoms with Crippen LogP contribution in [0.1, 0.15) is 75.8 Å². The molecule has 0 aliphatic carbocycles. The molecule has 0 saturated carbocycles. The number of carbonyl (C=O) groups is 2. The lowest BCUT2D eigenvalue weighted by molar-refractivity contribution is -0.158. The molecule has 9 heterocycles. The van der Waals surface area contributed by atoms with Crippen LogP contribution in [0.4, 0.5) is 0 Å². The number of phenolic OH excluding ortho intramolecular Hbond substituents is 1. The van der Waals surface area contributed by atoms with Crippen LogP contribution in [0.2, 0.25) is 0 Å². The van der Waals surface area contributed by atoms with Crippen LogP contribution in [0.25, 0.3) is 10.9 Å². The lowest BCUT2D eigenvalue weighted by Gasteiger charge is -2.60. The molecule has 290 valence electrons. The standard InChI is InChI=1S/C42H43N5O8S/c1-19-11-23-13-41(15-43)16-46(5)31(28(23)33(49)34(19)51-6)32-38-30-29(37-36(53-18-54-37)21(3)35(30)55-22(4)48)27(47(32)41)14-52-40(50)42(17-56-38)39-25(12-20(2)45-42)24-9-7-8-10-26(24)44-39/h7-11,20,27,31-32,38,44-45,49H,12-14,16-18H2,1-6H3/t20-,27-,31-,32+,38+,41?,42+/m0/s1. The van der Waals surface area contributed by atoms with Crippen molar-refractivity contribution in [1.82, 2.24) is 20.1 Å². The number of thioether (sulfide) groups is 1. The molecular formula is C42H43N5O8S. The van der Waals surface area contributed by atoms with Crippen LogP contribution in [0.15, 0.2) is 30.3 Å². The number of phenols is 1. The summed E-state index contributed by atoms with van der Waals surface area (Å²) in [5.41, 5.74) is 4.75. The fourth-order valence-electron chi connectivity index (χ4n) is 11.0. The van der Waals surface area contributed by atoms with Crippen molar-refractivity contribution in [3.63, 3.8) is 0 Å². The summed E-state index contributed by atoms with van der Waals surface area (Å²) in [5.74, 6) is 1.08. The molecule has 8 aliphatic rings. The van der Waals surface area contributed by atoms with E-state index in [-0.39, 0.29) is 30.9 Å². The van der Waals surface area contributed by atoms with Gasteiger partial charge in [-0.25, -0.2) is 4.79 Å². The van der Waals surface area contributed by atoms with E-state index >= 15 is 4.79 Å². The number of aromatic hydroxyl groups is 1. The van der Waals surface area contributed by atoms with Gasteiger partial charge in [0.1, 0.15) is 17.9 Å². The van der Waals surface area contributed by atoms with Crippen molar-refractivity contribution in [2.45, 2.75) is 81.0 Å². The number of hydrogen-bond donors (Lipinski definition) is 3. The fourth-order valence-corrected chi connectivity index (χ4v) is 12.7. The molecule has 4 aromatic rings. The third-order valence-electron chi connectivity index (χ3n) is 12.9. The van der Waals surface area contributed by atoms with E-state index in [1.54, 1.807) is 18.9 Å². The maximum atomic E-state index is 15.0. The van der Waals surface area contributed by atoms with Crippen LogP contribution in [0.3, 0.4) is 0 Å². The Hall–Kier alpha value is -4.94. The number of nitrogens with one attached hydrogen (secondary N) is 2. The number of likely N-dealkylation sites (N-methyl/N-ethyl adjacent to an activating group) is 1. The van der Waals surface area contributed by atoms with Crippen LogP contribution in [0, 0.1) is 25.2 Å². The first-order valence-corrected chi connectivity index (χ1v) is 20.1. The number of para-hydroxylation sites is 1. The molecule has 0 radical (unpaired) electrons. The number of H-pyrrole nitrogens is 1. The maximum absolute atomic E-state index is 15.0. The Morgan fingerprint density at radius 3 is 2.68 bits per heavy atom. The van der Waals surface area contributed by atoms with Crippen molar-refractivity contribution in [1.29, 1.82) is 5.26 Å². The first-order chi connectivity index (χ1) is 26.9. The van der Waals surface area contributed by atoms with E-state index in [4.69, 9.17) is 23.7 Å². The highest BCUT2D eigenvalue weighted by Gasteiger charge is 2.64. The molecule has 2 saturated heterocycles. The number of fused-ring (bicyclic) bond motifs is 8. The molecule has 3 N–H and O–H groups in total. The largest absolute Gasteiger partial charge is 0.504 e. The molecule has 2 unspecified atom stereocenters. The number of aromatic nitrogens is 1. The Morgan fingerprint density at radius 2 is 1.91 bits per heavy atom. The summed E-state index contributed by atoms with van der Waals surface area (Å²) < 4.78 is 30.9. The number of ether oxygens (including phenoxy) is 5. The second kappa shape index (κ2) is 12.3. The molecule has 14 heteroatoms. The second-order valence-electron chi connectivity index (χ2n) is 16.2. The highest BCUT2D eigenvalue weighted by Crippen LogP contribution is 2.65. The minimum absolute atomic E-state index is 0.0406. The number of benzene rings is 3. The van der Waals surface area contributed by atoms with Crippen molar-refractivity contribution in [3.05, 3.63) is 75.0 Å². The van der Waals surface area contributed by atoms with Crippen LogP contribution in [0.5, 0.6) is 28.7 Å². The molecule has 56 heavy (non-hydrogen) atoms. The van der Waals surface area contributed by atoms with E-state index in [1.165, 1.54) is 6.92 Å². The zero-order valence-corrected chi connectivity index (χ0v) is 32.9. The summed E-state index contributed by atoms with van der Waals surface area (Å²) in [6.45, 7) is 7.40. The lowest BCUT2D eigenvalue weighted by Crippen LogP contribution is -2.69. The average Bonchev–Trinajstić information content (AvgIpc) is 3.75. The predicted molar refractivity (Wildman–Crippen MR) is 206 cm³/mol. The Kier molecular flexibility index (Phi) is 7.78. The van der Waals surface area contributed by atoms with Crippen LogP contribution in [-0.4, -0.2) is 89.3 Å². The van der Waals surface area contributed by atoms with Gasteiger partial charge in [0, 0.05) is 70.9 Å². The first-order valence-electron chi connectivity index (χ1n) is 19.0. The van der Waals surface area contributed by atoms with Gasteiger partial charge in [-0.2, -0.15) is 5.26 Å². The van der Waals surface area contributed by atoms with Crippen LogP contribution >= 0.6 is 11.8 Å². The van der Waals surface area contributed by atoms with E-state index in [0.717, 1.165) is 45.3 Å². The van der Waals surface area contributed by atoms with Gasteiger partial charge < -0.3 is 33.8 Å². The molecular weight excluding hydrogens is 735 g/mol. The highest BCUT2D eigenvalue weighted by atomic mass is 32.2. The monoisotopic (exact) mass is 777 g/mol. The van der Waals surface area contributed by atoms with E-state index < -0.39 is 46.4 Å². The van der Waals surface area contributed by atoms with Gasteiger partial charge in [0.2, 0.25) is 6.79 Å².